The minimum Gasteiger partial charge on any atom is -0.351 e. The Labute approximate surface area is 132 Å². The smallest absolute Gasteiger partial charge is 0.252 e. The number of thiophene rings is 1. The van der Waals surface area contributed by atoms with E-state index in [1.165, 1.54) is 0 Å². The number of carbonyl (C=O) groups is 1. The molecule has 1 aromatic heterocycles. The van der Waals surface area contributed by atoms with Crippen LogP contribution in [-0.4, -0.2) is 12.5 Å². The number of hydrogen-bond acceptors (Lipinski definition) is 2. The molecule has 5 heteroatoms. The molecular formula is C13H11BrINOS. The van der Waals surface area contributed by atoms with E-state index in [9.17, 15) is 4.79 Å². The molecule has 0 aliphatic heterocycles. The largest absolute Gasteiger partial charge is 0.351 e. The molecule has 2 nitrogen and oxygen atoms in total. The van der Waals surface area contributed by atoms with Crippen molar-refractivity contribution in [1.82, 2.24) is 5.32 Å². The van der Waals surface area contributed by atoms with Gasteiger partial charge in [-0.3, -0.25) is 4.79 Å². The minimum atomic E-state index is -0.0189. The molecular weight excluding hydrogens is 425 g/mol. The van der Waals surface area contributed by atoms with Gasteiger partial charge in [-0.15, -0.1) is 11.3 Å². The zero-order valence-electron chi connectivity index (χ0n) is 9.40. The third-order valence-corrected chi connectivity index (χ3v) is 5.07. The van der Waals surface area contributed by atoms with E-state index in [1.807, 2.05) is 41.8 Å². The highest BCUT2D eigenvalue weighted by Crippen LogP contribution is 2.21. The van der Waals surface area contributed by atoms with Gasteiger partial charge in [0, 0.05) is 11.9 Å². The molecule has 0 saturated heterocycles. The highest BCUT2D eigenvalue weighted by atomic mass is 127. The van der Waals surface area contributed by atoms with Crippen molar-refractivity contribution >= 4 is 55.8 Å². The Morgan fingerprint density at radius 3 is 2.72 bits per heavy atom. The predicted molar refractivity (Wildman–Crippen MR) is 87.5 cm³/mol. The van der Waals surface area contributed by atoms with Crippen LogP contribution in [0, 0.1) is 2.88 Å². The van der Waals surface area contributed by atoms with Gasteiger partial charge >= 0.3 is 0 Å². The van der Waals surface area contributed by atoms with Crippen LogP contribution in [0.5, 0.6) is 0 Å². The lowest BCUT2D eigenvalue weighted by molar-refractivity contribution is 0.0954. The van der Waals surface area contributed by atoms with Crippen molar-refractivity contribution in [3.8, 4) is 0 Å². The molecule has 0 aliphatic rings. The van der Waals surface area contributed by atoms with Gasteiger partial charge in [0.15, 0.2) is 0 Å². The van der Waals surface area contributed by atoms with Gasteiger partial charge in [0.25, 0.3) is 5.91 Å². The van der Waals surface area contributed by atoms with E-state index in [0.29, 0.717) is 6.54 Å². The van der Waals surface area contributed by atoms with Gasteiger partial charge in [-0.05, 0) is 34.2 Å². The van der Waals surface area contributed by atoms with E-state index in [2.05, 4.69) is 43.8 Å². The Bertz CT molecular complexity index is 529. The van der Waals surface area contributed by atoms with E-state index < -0.39 is 0 Å². The first-order valence-corrected chi connectivity index (χ1v) is 8.25. The Hall–Kier alpha value is -0.400. The summed E-state index contributed by atoms with van der Waals surface area (Å²) in [6.07, 6.45) is 0. The molecule has 1 heterocycles. The van der Waals surface area contributed by atoms with Crippen LogP contribution in [0.15, 0.2) is 41.8 Å². The average molecular weight is 436 g/mol. The highest BCUT2D eigenvalue weighted by Gasteiger charge is 2.11. The van der Waals surface area contributed by atoms with Crippen molar-refractivity contribution < 1.29 is 4.79 Å². The van der Waals surface area contributed by atoms with E-state index in [-0.39, 0.29) is 10.7 Å². The van der Waals surface area contributed by atoms with Crippen molar-refractivity contribution in [2.24, 2.45) is 0 Å². The quantitative estimate of drug-likeness (QED) is 0.565. The summed E-state index contributed by atoms with van der Waals surface area (Å²) in [4.78, 5) is 12.0. The van der Waals surface area contributed by atoms with Gasteiger partial charge in [-0.2, -0.15) is 0 Å². The molecule has 0 spiro atoms. The van der Waals surface area contributed by atoms with Gasteiger partial charge in [-0.25, -0.2) is 0 Å². The molecule has 94 valence electrons. The molecule has 1 aromatic carbocycles. The summed E-state index contributed by atoms with van der Waals surface area (Å²) in [5.74, 6) is -0.0189. The van der Waals surface area contributed by atoms with E-state index in [4.69, 9.17) is 0 Å². The summed E-state index contributed by atoms with van der Waals surface area (Å²) in [6.45, 7) is 0.579. The lowest BCUT2D eigenvalue weighted by Crippen LogP contribution is -2.26. The molecule has 18 heavy (non-hydrogen) atoms. The van der Waals surface area contributed by atoms with Crippen molar-refractivity contribution in [2.75, 3.05) is 6.54 Å². The second-order valence-corrected chi connectivity index (χ2v) is 7.64. The number of carbonyl (C=O) groups excluding carboxylic acids is 1. The number of benzene rings is 1. The van der Waals surface area contributed by atoms with Gasteiger partial charge in [-0.1, -0.05) is 46.3 Å². The number of rotatable bonds is 4. The summed E-state index contributed by atoms with van der Waals surface area (Å²) >= 11 is 7.37. The van der Waals surface area contributed by atoms with E-state index >= 15 is 0 Å². The molecule has 1 amide bonds. The second-order valence-electron chi connectivity index (χ2n) is 3.73. The monoisotopic (exact) mass is 435 g/mol. The molecule has 0 radical (unpaired) electrons. The van der Waals surface area contributed by atoms with Crippen LogP contribution in [0.1, 0.15) is 20.7 Å². The Kier molecular flexibility index (Phi) is 5.20. The topological polar surface area (TPSA) is 29.1 Å². The maximum Gasteiger partial charge on any atom is 0.252 e. The molecule has 0 fully saturated rings. The summed E-state index contributed by atoms with van der Waals surface area (Å²) in [5, 5.41) is 4.81. The molecule has 0 aliphatic carbocycles. The SMILES string of the molecule is O=C(NCC(Br)c1ccccc1)c1csc(I)c1. The third kappa shape index (κ3) is 3.80. The Morgan fingerprint density at radius 1 is 1.39 bits per heavy atom. The van der Waals surface area contributed by atoms with Crippen LogP contribution < -0.4 is 5.32 Å². The zero-order valence-corrected chi connectivity index (χ0v) is 14.0. The Morgan fingerprint density at radius 2 is 2.11 bits per heavy atom. The molecule has 0 saturated carbocycles. The molecule has 0 bridgehead atoms. The fourth-order valence-electron chi connectivity index (χ4n) is 1.49. The maximum atomic E-state index is 11.9. The molecule has 2 aromatic rings. The normalized spacial score (nSPS) is 12.1. The maximum absolute atomic E-state index is 11.9. The van der Waals surface area contributed by atoms with Crippen molar-refractivity contribution in [1.29, 1.82) is 0 Å². The van der Waals surface area contributed by atoms with Crippen LogP contribution in [0.25, 0.3) is 0 Å². The third-order valence-electron chi connectivity index (χ3n) is 2.43. The summed E-state index contributed by atoms with van der Waals surface area (Å²) in [7, 11) is 0. The number of halogens is 2. The first kappa shape index (κ1) is 14.0. The fraction of sp³-hybridized carbons (Fsp3) is 0.154. The lowest BCUT2D eigenvalue weighted by Gasteiger charge is -2.10. The van der Waals surface area contributed by atoms with Crippen LogP contribution >= 0.6 is 49.9 Å². The summed E-state index contributed by atoms with van der Waals surface area (Å²) < 4.78 is 1.12. The minimum absolute atomic E-state index is 0.0189. The molecule has 1 N–H and O–H groups in total. The zero-order chi connectivity index (χ0) is 13.0. The number of amides is 1. The second kappa shape index (κ2) is 6.68. The molecule has 1 unspecified atom stereocenters. The lowest BCUT2D eigenvalue weighted by atomic mass is 10.1. The first-order valence-electron chi connectivity index (χ1n) is 5.38. The highest BCUT2D eigenvalue weighted by molar-refractivity contribution is 14.1. The van der Waals surface area contributed by atoms with Crippen molar-refractivity contribution in [3.63, 3.8) is 0 Å². The van der Waals surface area contributed by atoms with E-state index in [1.54, 1.807) is 11.3 Å². The van der Waals surface area contributed by atoms with Crippen LogP contribution in [0.2, 0.25) is 0 Å². The fourth-order valence-corrected chi connectivity index (χ4v) is 3.29. The van der Waals surface area contributed by atoms with Crippen LogP contribution in [-0.2, 0) is 0 Å². The van der Waals surface area contributed by atoms with Crippen LogP contribution in [0.4, 0.5) is 0 Å². The van der Waals surface area contributed by atoms with Gasteiger partial charge in [0.05, 0.1) is 13.3 Å². The van der Waals surface area contributed by atoms with Gasteiger partial charge in [0.1, 0.15) is 0 Å². The van der Waals surface area contributed by atoms with Crippen molar-refractivity contribution in [3.05, 3.63) is 55.8 Å². The van der Waals surface area contributed by atoms with E-state index in [0.717, 1.165) is 14.0 Å². The number of alkyl halides is 1. The summed E-state index contributed by atoms with van der Waals surface area (Å²) in [6, 6.07) is 11.9. The van der Waals surface area contributed by atoms with Crippen molar-refractivity contribution in [2.45, 2.75) is 4.83 Å². The molecule has 2 rings (SSSR count). The standard InChI is InChI=1S/C13H11BrINOS/c14-11(9-4-2-1-3-5-9)7-16-13(17)10-6-12(15)18-8-10/h1-6,8,11H,7H2,(H,16,17). The Balaban J connectivity index is 1.90. The number of nitrogens with one attached hydrogen (secondary N) is 1. The number of hydrogen-bond donors (Lipinski definition) is 1. The van der Waals surface area contributed by atoms with Gasteiger partial charge < -0.3 is 5.32 Å². The molecule has 1 atom stereocenters. The van der Waals surface area contributed by atoms with Crippen LogP contribution in [0.3, 0.4) is 0 Å². The summed E-state index contributed by atoms with van der Waals surface area (Å²) in [5.41, 5.74) is 1.90. The van der Waals surface area contributed by atoms with Gasteiger partial charge in [0.2, 0.25) is 0 Å². The first-order chi connectivity index (χ1) is 8.66. The predicted octanol–water partition coefficient (Wildman–Crippen LogP) is 4.22. The average Bonchev–Trinajstić information content (AvgIpc) is 2.83.